The molecule has 0 fully saturated rings. The van der Waals surface area contributed by atoms with Crippen LogP contribution >= 0.6 is 0 Å². The van der Waals surface area contributed by atoms with Crippen molar-refractivity contribution in [3.8, 4) is 5.88 Å². The third-order valence-corrected chi connectivity index (χ3v) is 3.60. The van der Waals surface area contributed by atoms with Crippen molar-refractivity contribution in [2.45, 2.75) is 39.3 Å². The standard InChI is InChI=1S/C17H25N3O/c1-4-7-16(18-5-2)14-9-11-20(12-14)13-15-8-6-10-19-17(15)21-3/h6,8-12,16,18H,4-5,7,13H2,1-3H3. The number of methoxy groups -OCH3 is 1. The second-order valence-electron chi connectivity index (χ2n) is 5.19. The average molecular weight is 287 g/mol. The van der Waals surface area contributed by atoms with E-state index >= 15 is 0 Å². The maximum absolute atomic E-state index is 5.31. The highest BCUT2D eigenvalue weighted by Crippen LogP contribution is 2.21. The highest BCUT2D eigenvalue weighted by Gasteiger charge is 2.11. The van der Waals surface area contributed by atoms with Crippen LogP contribution < -0.4 is 10.1 Å². The van der Waals surface area contributed by atoms with Crippen molar-refractivity contribution < 1.29 is 4.74 Å². The quantitative estimate of drug-likeness (QED) is 0.809. The SMILES string of the molecule is CCCC(NCC)c1ccn(Cc2cccnc2OC)c1. The molecule has 0 aromatic carbocycles. The third kappa shape index (κ3) is 4.08. The number of ether oxygens (including phenoxy) is 1. The molecule has 0 saturated heterocycles. The lowest BCUT2D eigenvalue weighted by molar-refractivity contribution is 0.391. The van der Waals surface area contributed by atoms with Crippen LogP contribution in [0, 0.1) is 0 Å². The Bertz CT molecular complexity index is 544. The predicted octanol–water partition coefficient (Wildman–Crippen LogP) is 3.39. The van der Waals surface area contributed by atoms with Gasteiger partial charge in [-0.15, -0.1) is 0 Å². The Morgan fingerprint density at radius 1 is 1.33 bits per heavy atom. The van der Waals surface area contributed by atoms with Crippen molar-refractivity contribution in [2.75, 3.05) is 13.7 Å². The lowest BCUT2D eigenvalue weighted by Gasteiger charge is -2.15. The third-order valence-electron chi connectivity index (χ3n) is 3.60. The number of hydrogen-bond donors (Lipinski definition) is 1. The van der Waals surface area contributed by atoms with Crippen LogP contribution in [0.1, 0.15) is 43.9 Å². The first kappa shape index (κ1) is 15.6. The molecule has 0 aliphatic heterocycles. The second kappa shape index (κ2) is 7.84. The van der Waals surface area contributed by atoms with Crippen molar-refractivity contribution in [1.29, 1.82) is 0 Å². The summed E-state index contributed by atoms with van der Waals surface area (Å²) in [6.45, 7) is 6.15. The molecule has 1 unspecified atom stereocenters. The maximum atomic E-state index is 5.31. The summed E-state index contributed by atoms with van der Waals surface area (Å²) in [5.74, 6) is 0.699. The van der Waals surface area contributed by atoms with Gasteiger partial charge in [-0.25, -0.2) is 4.98 Å². The molecule has 0 aliphatic rings. The van der Waals surface area contributed by atoms with Gasteiger partial charge in [-0.05, 0) is 30.7 Å². The summed E-state index contributed by atoms with van der Waals surface area (Å²) in [6, 6.07) is 6.64. The van der Waals surface area contributed by atoms with Crippen molar-refractivity contribution >= 4 is 0 Å². The molecule has 4 heteroatoms. The first-order valence-electron chi connectivity index (χ1n) is 7.65. The summed E-state index contributed by atoms with van der Waals surface area (Å²) in [6.07, 6.45) is 8.44. The minimum atomic E-state index is 0.442. The molecule has 2 heterocycles. The van der Waals surface area contributed by atoms with E-state index in [9.17, 15) is 0 Å². The van der Waals surface area contributed by atoms with Crippen LogP contribution in [0.2, 0.25) is 0 Å². The molecule has 4 nitrogen and oxygen atoms in total. The van der Waals surface area contributed by atoms with E-state index < -0.39 is 0 Å². The molecule has 114 valence electrons. The minimum Gasteiger partial charge on any atom is -0.481 e. The van der Waals surface area contributed by atoms with Crippen molar-refractivity contribution in [2.24, 2.45) is 0 Å². The Balaban J connectivity index is 2.12. The first-order valence-corrected chi connectivity index (χ1v) is 7.65. The number of rotatable bonds is 8. The minimum absolute atomic E-state index is 0.442. The van der Waals surface area contributed by atoms with Gasteiger partial charge in [0.25, 0.3) is 0 Å². The molecular weight excluding hydrogens is 262 g/mol. The largest absolute Gasteiger partial charge is 0.481 e. The van der Waals surface area contributed by atoms with Gasteiger partial charge in [0.2, 0.25) is 5.88 Å². The number of nitrogens with one attached hydrogen (secondary N) is 1. The molecular formula is C17H25N3O. The summed E-state index contributed by atoms with van der Waals surface area (Å²) in [5.41, 5.74) is 2.44. The van der Waals surface area contributed by atoms with Crippen LogP contribution in [0.15, 0.2) is 36.8 Å². The van der Waals surface area contributed by atoms with Gasteiger partial charge in [0.15, 0.2) is 0 Å². The zero-order chi connectivity index (χ0) is 15.1. The highest BCUT2D eigenvalue weighted by molar-refractivity contribution is 5.26. The van der Waals surface area contributed by atoms with E-state index in [0.29, 0.717) is 11.9 Å². The van der Waals surface area contributed by atoms with E-state index in [-0.39, 0.29) is 0 Å². The molecule has 1 N–H and O–H groups in total. The second-order valence-corrected chi connectivity index (χ2v) is 5.19. The van der Waals surface area contributed by atoms with E-state index in [1.54, 1.807) is 13.3 Å². The van der Waals surface area contributed by atoms with Crippen molar-refractivity contribution in [1.82, 2.24) is 14.9 Å². The topological polar surface area (TPSA) is 39.1 Å². The van der Waals surface area contributed by atoms with Crippen molar-refractivity contribution in [3.05, 3.63) is 47.9 Å². The molecule has 0 radical (unpaired) electrons. The van der Waals surface area contributed by atoms with Gasteiger partial charge in [-0.1, -0.05) is 26.3 Å². The Labute approximate surface area is 127 Å². The van der Waals surface area contributed by atoms with E-state index in [1.165, 1.54) is 12.0 Å². The monoisotopic (exact) mass is 287 g/mol. The molecule has 2 rings (SSSR count). The Morgan fingerprint density at radius 3 is 2.90 bits per heavy atom. The zero-order valence-electron chi connectivity index (χ0n) is 13.2. The molecule has 0 saturated carbocycles. The molecule has 0 amide bonds. The van der Waals surface area contributed by atoms with Crippen LogP contribution in [0.5, 0.6) is 5.88 Å². The lowest BCUT2D eigenvalue weighted by Crippen LogP contribution is -2.20. The summed E-state index contributed by atoms with van der Waals surface area (Å²) < 4.78 is 7.50. The van der Waals surface area contributed by atoms with E-state index in [2.05, 4.69) is 53.2 Å². The first-order chi connectivity index (χ1) is 10.3. The van der Waals surface area contributed by atoms with Crippen LogP contribution in [0.4, 0.5) is 0 Å². The fraction of sp³-hybridized carbons (Fsp3) is 0.471. The van der Waals surface area contributed by atoms with Gasteiger partial charge >= 0.3 is 0 Å². The fourth-order valence-electron chi connectivity index (χ4n) is 2.61. The Hall–Kier alpha value is -1.81. The van der Waals surface area contributed by atoms with Crippen molar-refractivity contribution in [3.63, 3.8) is 0 Å². The predicted molar refractivity (Wildman–Crippen MR) is 85.6 cm³/mol. The highest BCUT2D eigenvalue weighted by atomic mass is 16.5. The van der Waals surface area contributed by atoms with Gasteiger partial charge in [-0.3, -0.25) is 0 Å². The zero-order valence-corrected chi connectivity index (χ0v) is 13.2. The Kier molecular flexibility index (Phi) is 5.81. The number of nitrogens with zero attached hydrogens (tertiary/aromatic N) is 2. The molecule has 2 aromatic heterocycles. The van der Waals surface area contributed by atoms with E-state index in [4.69, 9.17) is 4.74 Å². The van der Waals surface area contributed by atoms with Crippen LogP contribution in [0.25, 0.3) is 0 Å². The molecule has 2 aromatic rings. The molecule has 1 atom stereocenters. The molecule has 0 aliphatic carbocycles. The molecule has 0 spiro atoms. The van der Waals surface area contributed by atoms with Crippen LogP contribution in [0.3, 0.4) is 0 Å². The van der Waals surface area contributed by atoms with Gasteiger partial charge < -0.3 is 14.6 Å². The maximum Gasteiger partial charge on any atom is 0.218 e. The number of aromatic nitrogens is 2. The van der Waals surface area contributed by atoms with E-state index in [1.807, 2.05) is 6.07 Å². The lowest BCUT2D eigenvalue weighted by atomic mass is 10.1. The summed E-state index contributed by atoms with van der Waals surface area (Å²) >= 11 is 0. The number of hydrogen-bond acceptors (Lipinski definition) is 3. The molecule has 21 heavy (non-hydrogen) atoms. The van der Waals surface area contributed by atoms with Gasteiger partial charge in [0.05, 0.1) is 13.7 Å². The average Bonchev–Trinajstić information content (AvgIpc) is 2.96. The summed E-state index contributed by atoms with van der Waals surface area (Å²) in [5, 5.41) is 3.55. The normalized spacial score (nSPS) is 12.3. The van der Waals surface area contributed by atoms with Crippen LogP contribution in [-0.4, -0.2) is 23.2 Å². The summed E-state index contributed by atoms with van der Waals surface area (Å²) in [7, 11) is 1.66. The van der Waals surface area contributed by atoms with Crippen LogP contribution in [-0.2, 0) is 6.54 Å². The smallest absolute Gasteiger partial charge is 0.218 e. The van der Waals surface area contributed by atoms with E-state index in [0.717, 1.165) is 25.1 Å². The Morgan fingerprint density at radius 2 is 2.19 bits per heavy atom. The van der Waals surface area contributed by atoms with Gasteiger partial charge in [-0.2, -0.15) is 0 Å². The summed E-state index contributed by atoms with van der Waals surface area (Å²) in [4.78, 5) is 4.25. The molecule has 0 bridgehead atoms. The number of pyridine rings is 1. The van der Waals surface area contributed by atoms with Gasteiger partial charge in [0, 0.05) is 30.2 Å². The fourth-order valence-corrected chi connectivity index (χ4v) is 2.61. The van der Waals surface area contributed by atoms with Gasteiger partial charge in [0.1, 0.15) is 0 Å².